The molecule has 7 nitrogen and oxygen atoms in total. The Balaban J connectivity index is 1.60. The molecule has 31 heavy (non-hydrogen) atoms. The number of hydrogen-bond acceptors (Lipinski definition) is 6. The average molecular weight is 442 g/mol. The fourth-order valence-electron chi connectivity index (χ4n) is 3.95. The minimum atomic E-state index is -0.0285. The van der Waals surface area contributed by atoms with Crippen molar-refractivity contribution in [3.8, 4) is 0 Å². The van der Waals surface area contributed by atoms with Crippen LogP contribution in [0.1, 0.15) is 42.0 Å². The Morgan fingerprint density at radius 2 is 2.03 bits per heavy atom. The predicted octanol–water partition coefficient (Wildman–Crippen LogP) is 3.75. The molecule has 1 saturated heterocycles. The molecule has 0 saturated carbocycles. The number of aromatic nitrogens is 3. The van der Waals surface area contributed by atoms with E-state index in [1.807, 2.05) is 24.8 Å². The largest absolute Gasteiger partial charge is 0.379 e. The van der Waals surface area contributed by atoms with Crippen LogP contribution in [0.4, 0.5) is 5.13 Å². The summed E-state index contributed by atoms with van der Waals surface area (Å²) in [5.74, 6) is -0.0285. The Hall–Kier alpha value is -2.29. The van der Waals surface area contributed by atoms with Gasteiger partial charge < -0.3 is 4.74 Å². The highest BCUT2D eigenvalue weighted by molar-refractivity contribution is 7.22. The molecule has 2 aromatic heterocycles. The zero-order chi connectivity index (χ0) is 21.8. The Labute approximate surface area is 187 Å². The van der Waals surface area contributed by atoms with Gasteiger partial charge in [-0.05, 0) is 50.5 Å². The molecule has 1 fully saturated rings. The fourth-order valence-corrected chi connectivity index (χ4v) is 5.00. The first kappa shape index (κ1) is 21.9. The summed E-state index contributed by atoms with van der Waals surface area (Å²) in [6, 6.07) is 8.24. The average Bonchev–Trinajstić information content (AvgIpc) is 3.39. The monoisotopic (exact) mass is 441 g/mol. The number of anilines is 1. The van der Waals surface area contributed by atoms with Gasteiger partial charge in [-0.3, -0.25) is 19.3 Å². The number of hydrogen-bond donors (Lipinski definition) is 0. The summed E-state index contributed by atoms with van der Waals surface area (Å²) in [5, 5.41) is 5.24. The van der Waals surface area contributed by atoms with Crippen LogP contribution in [0.5, 0.6) is 0 Å². The van der Waals surface area contributed by atoms with Crippen molar-refractivity contribution in [2.24, 2.45) is 0 Å². The molecule has 0 unspecified atom stereocenters. The van der Waals surface area contributed by atoms with Gasteiger partial charge in [0.2, 0.25) is 0 Å². The molecule has 0 N–H and O–H groups in total. The quantitative estimate of drug-likeness (QED) is 0.533. The van der Waals surface area contributed by atoms with Crippen LogP contribution < -0.4 is 4.90 Å². The maximum atomic E-state index is 13.6. The summed E-state index contributed by atoms with van der Waals surface area (Å²) in [7, 11) is 0. The fraction of sp³-hybridized carbons (Fsp3) is 0.522. The molecule has 4 rings (SSSR count). The third-order valence-electron chi connectivity index (χ3n) is 5.71. The van der Waals surface area contributed by atoms with E-state index in [0.29, 0.717) is 18.8 Å². The molecule has 0 spiro atoms. The number of rotatable bonds is 8. The lowest BCUT2D eigenvalue weighted by molar-refractivity contribution is 0.0376. The van der Waals surface area contributed by atoms with E-state index in [1.54, 1.807) is 16.0 Å². The zero-order valence-electron chi connectivity index (χ0n) is 18.6. The maximum Gasteiger partial charge on any atom is 0.278 e. The van der Waals surface area contributed by atoms with E-state index in [-0.39, 0.29) is 5.91 Å². The van der Waals surface area contributed by atoms with E-state index in [4.69, 9.17) is 9.72 Å². The minimum Gasteiger partial charge on any atom is -0.379 e. The molecule has 0 atom stereocenters. The second-order valence-corrected chi connectivity index (χ2v) is 8.91. The molecule has 1 aliphatic rings. The highest BCUT2D eigenvalue weighted by atomic mass is 32.1. The summed E-state index contributed by atoms with van der Waals surface area (Å²) in [5.41, 5.74) is 3.71. The van der Waals surface area contributed by atoms with Crippen LogP contribution in [-0.4, -0.2) is 65.0 Å². The van der Waals surface area contributed by atoms with Gasteiger partial charge in [-0.1, -0.05) is 24.3 Å². The molecule has 0 bridgehead atoms. The SMILES string of the molecule is CCc1ccc2nc(N(CCCN3CCOCC3)C(=O)c3cc(C)nn3CC)sc2c1. The molecule has 8 heteroatoms. The molecule has 0 aliphatic carbocycles. The number of benzene rings is 1. The number of morpholine rings is 1. The van der Waals surface area contributed by atoms with E-state index in [9.17, 15) is 4.79 Å². The topological polar surface area (TPSA) is 63.5 Å². The number of nitrogens with zero attached hydrogens (tertiary/aromatic N) is 5. The molecular weight excluding hydrogens is 410 g/mol. The van der Waals surface area contributed by atoms with E-state index < -0.39 is 0 Å². The lowest BCUT2D eigenvalue weighted by Gasteiger charge is -2.27. The van der Waals surface area contributed by atoms with Crippen molar-refractivity contribution >= 4 is 32.6 Å². The van der Waals surface area contributed by atoms with E-state index >= 15 is 0 Å². The number of amides is 1. The number of carbonyl (C=O) groups excluding carboxylic acids is 1. The first-order chi connectivity index (χ1) is 15.1. The normalized spacial score (nSPS) is 14.9. The number of carbonyl (C=O) groups is 1. The molecule has 166 valence electrons. The lowest BCUT2D eigenvalue weighted by atomic mass is 10.2. The van der Waals surface area contributed by atoms with Crippen molar-refractivity contribution in [2.75, 3.05) is 44.3 Å². The van der Waals surface area contributed by atoms with Gasteiger partial charge in [-0.25, -0.2) is 4.98 Å². The van der Waals surface area contributed by atoms with Crippen LogP contribution >= 0.6 is 11.3 Å². The first-order valence-corrected chi connectivity index (χ1v) is 12.0. The summed E-state index contributed by atoms with van der Waals surface area (Å²) < 4.78 is 8.36. The number of thiazole rings is 1. The molecule has 3 heterocycles. The first-order valence-electron chi connectivity index (χ1n) is 11.1. The number of fused-ring (bicyclic) bond motifs is 1. The van der Waals surface area contributed by atoms with Crippen LogP contribution in [0.15, 0.2) is 24.3 Å². The van der Waals surface area contributed by atoms with Crippen LogP contribution in [-0.2, 0) is 17.7 Å². The Bertz CT molecular complexity index is 1040. The molecule has 3 aromatic rings. The third-order valence-corrected chi connectivity index (χ3v) is 6.75. The van der Waals surface area contributed by atoms with Crippen LogP contribution in [0.3, 0.4) is 0 Å². The molecule has 1 aromatic carbocycles. The Kier molecular flexibility index (Phi) is 6.99. The molecule has 1 aliphatic heterocycles. The van der Waals surface area contributed by atoms with Crippen LogP contribution in [0, 0.1) is 6.92 Å². The third kappa shape index (κ3) is 4.97. The van der Waals surface area contributed by atoms with Crippen LogP contribution in [0.2, 0.25) is 0 Å². The minimum absolute atomic E-state index is 0.0285. The summed E-state index contributed by atoms with van der Waals surface area (Å²) in [6.07, 6.45) is 1.88. The number of ether oxygens (including phenoxy) is 1. The summed E-state index contributed by atoms with van der Waals surface area (Å²) in [4.78, 5) is 22.7. The number of aryl methyl sites for hydroxylation is 3. The molecule has 1 amide bonds. The van der Waals surface area contributed by atoms with Gasteiger partial charge in [0.05, 0.1) is 29.1 Å². The van der Waals surface area contributed by atoms with E-state index in [0.717, 1.165) is 66.7 Å². The van der Waals surface area contributed by atoms with Crippen molar-refractivity contribution in [1.29, 1.82) is 0 Å². The Morgan fingerprint density at radius 1 is 1.23 bits per heavy atom. The van der Waals surface area contributed by atoms with Gasteiger partial charge in [0.15, 0.2) is 5.13 Å². The van der Waals surface area contributed by atoms with Crippen molar-refractivity contribution in [1.82, 2.24) is 19.7 Å². The van der Waals surface area contributed by atoms with Gasteiger partial charge in [0, 0.05) is 32.7 Å². The smallest absolute Gasteiger partial charge is 0.278 e. The summed E-state index contributed by atoms with van der Waals surface area (Å²) in [6.45, 7) is 11.8. The molecular formula is C23H31N5O2S. The second-order valence-electron chi connectivity index (χ2n) is 7.90. The highest BCUT2D eigenvalue weighted by Gasteiger charge is 2.25. The van der Waals surface area contributed by atoms with Crippen molar-refractivity contribution < 1.29 is 9.53 Å². The zero-order valence-corrected chi connectivity index (χ0v) is 19.5. The Morgan fingerprint density at radius 3 is 2.77 bits per heavy atom. The maximum absolute atomic E-state index is 13.6. The van der Waals surface area contributed by atoms with Gasteiger partial charge in [-0.2, -0.15) is 5.10 Å². The predicted molar refractivity (Wildman–Crippen MR) is 125 cm³/mol. The summed E-state index contributed by atoms with van der Waals surface area (Å²) >= 11 is 1.59. The van der Waals surface area contributed by atoms with Crippen LogP contribution in [0.25, 0.3) is 10.2 Å². The van der Waals surface area contributed by atoms with Gasteiger partial charge in [-0.15, -0.1) is 0 Å². The van der Waals surface area contributed by atoms with E-state index in [1.165, 1.54) is 5.56 Å². The lowest BCUT2D eigenvalue weighted by Crippen LogP contribution is -2.39. The highest BCUT2D eigenvalue weighted by Crippen LogP contribution is 2.31. The van der Waals surface area contributed by atoms with Gasteiger partial charge >= 0.3 is 0 Å². The van der Waals surface area contributed by atoms with Crippen molar-refractivity contribution in [3.05, 3.63) is 41.2 Å². The van der Waals surface area contributed by atoms with Gasteiger partial charge in [0.1, 0.15) is 5.69 Å². The standard InChI is InChI=1S/C23H31N5O2S/c1-4-18-7-8-19-21(16-18)31-23(24-19)27(10-6-9-26-11-13-30-14-12-26)22(29)20-15-17(3)25-28(20)5-2/h7-8,15-16H,4-6,9-14H2,1-3H3. The van der Waals surface area contributed by atoms with Crippen molar-refractivity contribution in [3.63, 3.8) is 0 Å². The van der Waals surface area contributed by atoms with Crippen molar-refractivity contribution in [2.45, 2.75) is 40.2 Å². The van der Waals surface area contributed by atoms with Gasteiger partial charge in [0.25, 0.3) is 5.91 Å². The molecule has 0 radical (unpaired) electrons. The second kappa shape index (κ2) is 9.89. The van der Waals surface area contributed by atoms with E-state index in [2.05, 4.69) is 35.1 Å².